The molecular formula is C9H9F5O2. The van der Waals surface area contributed by atoms with Crippen molar-refractivity contribution in [1.29, 1.82) is 0 Å². The topological polar surface area (TPSA) is 26.3 Å². The van der Waals surface area contributed by atoms with E-state index in [-0.39, 0.29) is 0 Å². The molecule has 7 heteroatoms. The highest BCUT2D eigenvalue weighted by Crippen LogP contribution is 2.26. The Balaban J connectivity index is 5.03. The number of rotatable bonds is 4. The van der Waals surface area contributed by atoms with E-state index >= 15 is 0 Å². The highest BCUT2D eigenvalue weighted by molar-refractivity contribution is 5.66. The molecule has 0 fully saturated rings. The minimum Gasteiger partial charge on any atom is -0.455 e. The number of allylic oxidation sites excluding steroid dienone is 3. The van der Waals surface area contributed by atoms with Crippen LogP contribution in [0.3, 0.4) is 0 Å². The van der Waals surface area contributed by atoms with Crippen LogP contribution in [0.1, 0.15) is 13.8 Å². The zero-order valence-electron chi connectivity index (χ0n) is 8.49. The summed E-state index contributed by atoms with van der Waals surface area (Å²) in [5.74, 6) is -9.31. The molecule has 0 aliphatic heterocycles. The summed E-state index contributed by atoms with van der Waals surface area (Å²) in [4.78, 5) is 10.4. The molecule has 1 unspecified atom stereocenters. The largest absolute Gasteiger partial charge is 0.455 e. The smallest absolute Gasteiger partial charge is 0.303 e. The van der Waals surface area contributed by atoms with Gasteiger partial charge in [0, 0.05) is 6.92 Å². The van der Waals surface area contributed by atoms with Crippen LogP contribution in [-0.2, 0) is 9.53 Å². The quantitative estimate of drug-likeness (QED) is 0.431. The van der Waals surface area contributed by atoms with Gasteiger partial charge in [-0.25, -0.2) is 22.0 Å². The molecule has 0 aromatic heterocycles. The molecule has 0 radical (unpaired) electrons. The molecule has 0 rings (SSSR count). The third kappa shape index (κ3) is 4.00. The molecule has 1 atom stereocenters. The van der Waals surface area contributed by atoms with E-state index in [2.05, 4.69) is 4.74 Å². The van der Waals surface area contributed by atoms with Gasteiger partial charge in [0.05, 0.1) is 0 Å². The minimum atomic E-state index is -2.28. The summed E-state index contributed by atoms with van der Waals surface area (Å²) in [7, 11) is 0. The number of hydrogen-bond donors (Lipinski definition) is 0. The Labute approximate surface area is 88.4 Å². The summed E-state index contributed by atoms with van der Waals surface area (Å²) < 4.78 is 66.4. The zero-order chi connectivity index (χ0) is 12.9. The fourth-order valence-electron chi connectivity index (χ4n) is 0.762. The van der Waals surface area contributed by atoms with Crippen molar-refractivity contribution in [3.63, 3.8) is 0 Å². The van der Waals surface area contributed by atoms with E-state index in [0.29, 0.717) is 0 Å². The first-order valence-electron chi connectivity index (χ1n) is 4.14. The Morgan fingerprint density at radius 2 is 1.69 bits per heavy atom. The highest BCUT2D eigenvalue weighted by Gasteiger charge is 2.22. The van der Waals surface area contributed by atoms with Crippen LogP contribution in [0.25, 0.3) is 0 Å². The van der Waals surface area contributed by atoms with E-state index in [0.717, 1.165) is 13.8 Å². The Morgan fingerprint density at radius 1 is 1.19 bits per heavy atom. The van der Waals surface area contributed by atoms with Crippen LogP contribution < -0.4 is 0 Å². The van der Waals surface area contributed by atoms with Crippen LogP contribution in [0, 0.1) is 0 Å². The number of hydrogen-bond acceptors (Lipinski definition) is 2. The molecule has 0 heterocycles. The fourth-order valence-corrected chi connectivity index (χ4v) is 0.762. The van der Waals surface area contributed by atoms with Crippen molar-refractivity contribution < 1.29 is 31.5 Å². The second-order valence-electron chi connectivity index (χ2n) is 2.77. The van der Waals surface area contributed by atoms with Crippen molar-refractivity contribution in [2.24, 2.45) is 0 Å². The molecule has 0 amide bonds. The van der Waals surface area contributed by atoms with Crippen LogP contribution in [-0.4, -0.2) is 18.7 Å². The first kappa shape index (κ1) is 14.6. The molecule has 0 N–H and O–H groups in total. The molecule has 16 heavy (non-hydrogen) atoms. The monoisotopic (exact) mass is 244 g/mol. The van der Waals surface area contributed by atoms with E-state index in [1.54, 1.807) is 0 Å². The number of carbonyl (C=O) groups excluding carboxylic acids is 1. The second kappa shape index (κ2) is 6.24. The first-order chi connectivity index (χ1) is 7.31. The third-order valence-electron chi connectivity index (χ3n) is 1.46. The molecule has 0 aliphatic rings. The van der Waals surface area contributed by atoms with Crippen molar-refractivity contribution >= 4 is 5.97 Å². The maximum absolute atomic E-state index is 13.0. The van der Waals surface area contributed by atoms with Gasteiger partial charge in [0.15, 0.2) is 29.4 Å². The van der Waals surface area contributed by atoms with E-state index in [4.69, 9.17) is 0 Å². The number of alkyl halides is 1. The van der Waals surface area contributed by atoms with Crippen molar-refractivity contribution in [2.75, 3.05) is 6.67 Å². The molecule has 0 saturated carbocycles. The van der Waals surface area contributed by atoms with Gasteiger partial charge in [-0.2, -0.15) is 0 Å². The lowest BCUT2D eigenvalue weighted by molar-refractivity contribution is -0.144. The number of halogens is 5. The summed E-state index contributed by atoms with van der Waals surface area (Å²) in [6.07, 6.45) is -1.71. The molecule has 0 aliphatic carbocycles. The van der Waals surface area contributed by atoms with Crippen LogP contribution in [0.5, 0.6) is 0 Å². The van der Waals surface area contributed by atoms with Crippen LogP contribution in [0.4, 0.5) is 22.0 Å². The van der Waals surface area contributed by atoms with Crippen molar-refractivity contribution in [3.05, 3.63) is 23.3 Å². The average Bonchev–Trinajstić information content (AvgIpc) is 2.23. The summed E-state index contributed by atoms with van der Waals surface area (Å²) in [5.41, 5.74) is 0. The van der Waals surface area contributed by atoms with E-state index in [1.165, 1.54) is 0 Å². The molecule has 0 bridgehead atoms. The van der Waals surface area contributed by atoms with Crippen LogP contribution >= 0.6 is 0 Å². The molecule has 0 aromatic rings. The number of carbonyl (C=O) groups is 1. The Hall–Kier alpha value is -1.40. The summed E-state index contributed by atoms with van der Waals surface area (Å²) in [6, 6.07) is 0. The predicted octanol–water partition coefficient (Wildman–Crippen LogP) is 3.21. The standard InChI is InChI=1S/C9H9F5O2/c1-4(16-5(2)15)7(12)9(14)8(13)6(11)3-10/h4H,3H2,1-2H3/b8-6-,9-7-. The molecular weight excluding hydrogens is 235 g/mol. The van der Waals surface area contributed by atoms with Gasteiger partial charge in [-0.1, -0.05) is 0 Å². The normalized spacial score (nSPS) is 16.2. The van der Waals surface area contributed by atoms with Gasteiger partial charge in [0.1, 0.15) is 6.67 Å². The van der Waals surface area contributed by atoms with E-state index in [9.17, 15) is 26.7 Å². The van der Waals surface area contributed by atoms with Crippen molar-refractivity contribution in [1.82, 2.24) is 0 Å². The van der Waals surface area contributed by atoms with Crippen molar-refractivity contribution in [2.45, 2.75) is 20.0 Å². The van der Waals surface area contributed by atoms with Gasteiger partial charge >= 0.3 is 5.97 Å². The number of esters is 1. The molecule has 0 spiro atoms. The van der Waals surface area contributed by atoms with Crippen molar-refractivity contribution in [3.8, 4) is 0 Å². The summed E-state index contributed by atoms with van der Waals surface area (Å²) >= 11 is 0. The Morgan fingerprint density at radius 3 is 2.06 bits per heavy atom. The maximum Gasteiger partial charge on any atom is 0.303 e. The fraction of sp³-hybridized carbons (Fsp3) is 0.444. The average molecular weight is 244 g/mol. The van der Waals surface area contributed by atoms with Gasteiger partial charge in [-0.05, 0) is 6.92 Å². The zero-order valence-corrected chi connectivity index (χ0v) is 8.49. The van der Waals surface area contributed by atoms with Gasteiger partial charge < -0.3 is 4.74 Å². The SMILES string of the molecule is CC(=O)OC(C)/C(F)=C(F)\C(F)=C(\F)CF. The lowest BCUT2D eigenvalue weighted by Crippen LogP contribution is -2.14. The lowest BCUT2D eigenvalue weighted by Gasteiger charge is -2.09. The molecule has 92 valence electrons. The van der Waals surface area contributed by atoms with Crippen LogP contribution in [0.15, 0.2) is 23.3 Å². The first-order valence-corrected chi connectivity index (χ1v) is 4.14. The summed E-state index contributed by atoms with van der Waals surface area (Å²) in [5, 5.41) is 0. The molecule has 0 saturated heterocycles. The highest BCUT2D eigenvalue weighted by atomic mass is 19.2. The molecule has 2 nitrogen and oxygen atoms in total. The lowest BCUT2D eigenvalue weighted by atomic mass is 10.3. The van der Waals surface area contributed by atoms with Crippen LogP contribution in [0.2, 0.25) is 0 Å². The van der Waals surface area contributed by atoms with E-state index < -0.39 is 42.1 Å². The predicted molar refractivity (Wildman–Crippen MR) is 45.7 cm³/mol. The van der Waals surface area contributed by atoms with Gasteiger partial charge in [0.25, 0.3) is 0 Å². The minimum absolute atomic E-state index is 0.914. The Bertz CT molecular complexity index is 335. The third-order valence-corrected chi connectivity index (χ3v) is 1.46. The van der Waals surface area contributed by atoms with E-state index in [1.807, 2.05) is 0 Å². The van der Waals surface area contributed by atoms with Gasteiger partial charge in [0.2, 0.25) is 0 Å². The Kier molecular flexibility index (Phi) is 5.69. The summed E-state index contributed by atoms with van der Waals surface area (Å²) in [6.45, 7) is -0.0541. The molecule has 0 aromatic carbocycles. The van der Waals surface area contributed by atoms with Gasteiger partial charge in [-0.15, -0.1) is 0 Å². The maximum atomic E-state index is 13.0. The number of ether oxygens (including phenoxy) is 1. The van der Waals surface area contributed by atoms with Gasteiger partial charge in [-0.3, -0.25) is 4.79 Å². The second-order valence-corrected chi connectivity index (χ2v) is 2.77.